The van der Waals surface area contributed by atoms with Gasteiger partial charge in [-0.25, -0.2) is 0 Å². The van der Waals surface area contributed by atoms with Crippen LogP contribution in [-0.2, 0) is 32.7 Å². The van der Waals surface area contributed by atoms with Crippen LogP contribution in [0.5, 0.6) is 0 Å². The second kappa shape index (κ2) is 9.07. The summed E-state index contributed by atoms with van der Waals surface area (Å²) >= 11 is 0. The van der Waals surface area contributed by atoms with Gasteiger partial charge in [0.15, 0.2) is 0 Å². The first-order valence-electron chi connectivity index (χ1n) is 6.00. The summed E-state index contributed by atoms with van der Waals surface area (Å²) in [6, 6.07) is 0. The lowest BCUT2D eigenvalue weighted by Crippen LogP contribution is -2.25. The van der Waals surface area contributed by atoms with Gasteiger partial charge in [0.2, 0.25) is 6.29 Å². The number of carbonyl (C=O) groups excluding carboxylic acids is 2. The van der Waals surface area contributed by atoms with Gasteiger partial charge in [-0.15, -0.1) is 0 Å². The van der Waals surface area contributed by atoms with Crippen LogP contribution in [0.4, 0.5) is 0 Å². The molecule has 0 spiro atoms. The summed E-state index contributed by atoms with van der Waals surface area (Å²) in [6.45, 7) is 3.24. The molecule has 0 atom stereocenters. The molecule has 0 amide bonds. The van der Waals surface area contributed by atoms with Crippen molar-refractivity contribution < 1.29 is 32.7 Å². The Balaban J connectivity index is 4.53. The second-order valence-corrected chi connectivity index (χ2v) is 6.00. The van der Waals surface area contributed by atoms with Gasteiger partial charge in [-0.1, -0.05) is 13.8 Å². The molecule has 0 aliphatic carbocycles. The van der Waals surface area contributed by atoms with Crippen LogP contribution in [0.3, 0.4) is 0 Å². The van der Waals surface area contributed by atoms with Crippen LogP contribution in [0.1, 0.15) is 33.1 Å². The van der Waals surface area contributed by atoms with E-state index in [2.05, 4.69) is 0 Å². The van der Waals surface area contributed by atoms with Crippen LogP contribution < -0.4 is 0 Å². The molecular weight excluding hydrogens is 275 g/mol. The Morgan fingerprint density at radius 2 is 1.42 bits per heavy atom. The summed E-state index contributed by atoms with van der Waals surface area (Å²) in [4.78, 5) is 22.4. The molecule has 0 aromatic heterocycles. The molecule has 0 fully saturated rings. The summed E-state index contributed by atoms with van der Waals surface area (Å²) in [5.74, 6) is -1.00. The van der Waals surface area contributed by atoms with Gasteiger partial charge in [0, 0.05) is 33.5 Å². The third-order valence-corrected chi connectivity index (χ3v) is 4.22. The van der Waals surface area contributed by atoms with E-state index in [1.807, 2.05) is 0 Å². The van der Waals surface area contributed by atoms with E-state index in [0.29, 0.717) is 0 Å². The summed E-state index contributed by atoms with van der Waals surface area (Å²) in [5, 5.41) is 0. The molecule has 19 heavy (non-hydrogen) atoms. The molecule has 7 nitrogen and oxygen atoms in total. The quantitative estimate of drug-likeness (QED) is 0.365. The fourth-order valence-corrected chi connectivity index (χ4v) is 2.16. The summed E-state index contributed by atoms with van der Waals surface area (Å²) in [6.07, 6.45) is -0.716. The summed E-state index contributed by atoms with van der Waals surface area (Å²) in [7, 11) is -0.703. The van der Waals surface area contributed by atoms with Gasteiger partial charge >= 0.3 is 19.5 Å². The van der Waals surface area contributed by atoms with Crippen molar-refractivity contribution in [2.24, 2.45) is 0 Å². The number of rotatable bonds is 9. The Labute approximate surface area is 113 Å². The normalized spacial score (nSPS) is 11.4. The fraction of sp³-hybridized carbons (Fsp3) is 0.818. The average molecular weight is 296 g/mol. The lowest BCUT2D eigenvalue weighted by molar-refractivity contribution is -0.187. The molecule has 0 aliphatic rings. The highest BCUT2D eigenvalue weighted by Gasteiger charge is 2.26. The molecule has 0 saturated heterocycles. The van der Waals surface area contributed by atoms with Crippen LogP contribution >= 0.6 is 7.60 Å². The molecule has 0 bridgehead atoms. The van der Waals surface area contributed by atoms with Crippen molar-refractivity contribution >= 4 is 19.5 Å². The average Bonchev–Trinajstić information content (AvgIpc) is 2.43. The maximum absolute atomic E-state index is 11.8. The van der Waals surface area contributed by atoms with E-state index >= 15 is 0 Å². The maximum Gasteiger partial charge on any atom is 0.330 e. The van der Waals surface area contributed by atoms with Gasteiger partial charge < -0.3 is 18.5 Å². The standard InChI is InChI=1S/C11H21O7P/c1-5-9(12)17-11(18-10(13)6-2)7-8-19(14,15-3)16-4/h11H,5-8H2,1-4H3. The minimum Gasteiger partial charge on any atom is -0.425 e. The molecular formula is C11H21O7P. The van der Waals surface area contributed by atoms with E-state index < -0.39 is 25.8 Å². The van der Waals surface area contributed by atoms with Crippen LogP contribution in [0.2, 0.25) is 0 Å². The Morgan fingerprint density at radius 3 is 1.74 bits per heavy atom. The van der Waals surface area contributed by atoms with Gasteiger partial charge in [-0.3, -0.25) is 14.2 Å². The predicted octanol–water partition coefficient (Wildman–Crippen LogP) is 2.09. The Kier molecular flexibility index (Phi) is 8.63. The number of ether oxygens (including phenoxy) is 2. The van der Waals surface area contributed by atoms with Crippen molar-refractivity contribution in [3.8, 4) is 0 Å². The molecule has 0 N–H and O–H groups in total. The number of esters is 2. The first kappa shape index (κ1) is 18.1. The second-order valence-electron chi connectivity index (χ2n) is 3.60. The van der Waals surface area contributed by atoms with Crippen molar-refractivity contribution in [3.05, 3.63) is 0 Å². The largest absolute Gasteiger partial charge is 0.425 e. The molecule has 0 saturated carbocycles. The molecule has 0 radical (unpaired) electrons. The van der Waals surface area contributed by atoms with Crippen molar-refractivity contribution in [2.45, 2.75) is 39.4 Å². The molecule has 0 unspecified atom stereocenters. The molecule has 0 aromatic rings. The number of carbonyl (C=O) groups is 2. The zero-order valence-electron chi connectivity index (χ0n) is 11.7. The number of hydrogen-bond acceptors (Lipinski definition) is 7. The molecule has 0 aromatic carbocycles. The molecule has 0 heterocycles. The van der Waals surface area contributed by atoms with Crippen molar-refractivity contribution in [3.63, 3.8) is 0 Å². The lowest BCUT2D eigenvalue weighted by atomic mass is 10.4. The third-order valence-electron chi connectivity index (χ3n) is 2.30. The minimum absolute atomic E-state index is 0.0152. The molecule has 0 rings (SSSR count). The maximum atomic E-state index is 11.8. The lowest BCUT2D eigenvalue weighted by Gasteiger charge is -2.20. The van der Waals surface area contributed by atoms with E-state index in [0.717, 1.165) is 0 Å². The summed E-state index contributed by atoms with van der Waals surface area (Å²) in [5.41, 5.74) is 0. The van der Waals surface area contributed by atoms with Crippen LogP contribution in [0.15, 0.2) is 0 Å². The molecule has 0 aliphatic heterocycles. The topological polar surface area (TPSA) is 88.1 Å². The SMILES string of the molecule is CCC(=O)OC(CCP(=O)(OC)OC)OC(=O)CC. The van der Waals surface area contributed by atoms with E-state index in [9.17, 15) is 14.2 Å². The number of hydrogen-bond donors (Lipinski definition) is 0. The monoisotopic (exact) mass is 296 g/mol. The zero-order valence-corrected chi connectivity index (χ0v) is 12.6. The van der Waals surface area contributed by atoms with E-state index in [1.165, 1.54) is 14.2 Å². The minimum atomic E-state index is -3.22. The first-order chi connectivity index (χ1) is 8.90. The highest BCUT2D eigenvalue weighted by Crippen LogP contribution is 2.47. The van der Waals surface area contributed by atoms with Crippen LogP contribution in [0.25, 0.3) is 0 Å². The van der Waals surface area contributed by atoms with Crippen molar-refractivity contribution in [1.82, 2.24) is 0 Å². The van der Waals surface area contributed by atoms with Crippen LogP contribution in [-0.4, -0.2) is 38.6 Å². The zero-order chi connectivity index (χ0) is 14.9. The Morgan fingerprint density at radius 1 is 1.00 bits per heavy atom. The van der Waals surface area contributed by atoms with Gasteiger partial charge in [0.1, 0.15) is 0 Å². The van der Waals surface area contributed by atoms with Gasteiger partial charge in [0.25, 0.3) is 0 Å². The Bertz CT molecular complexity index is 316. The third kappa shape index (κ3) is 7.30. The highest BCUT2D eigenvalue weighted by atomic mass is 31.2. The molecule has 8 heteroatoms. The predicted molar refractivity (Wildman–Crippen MR) is 67.7 cm³/mol. The van der Waals surface area contributed by atoms with E-state index in [4.69, 9.17) is 18.5 Å². The van der Waals surface area contributed by atoms with Gasteiger partial charge in [-0.2, -0.15) is 0 Å². The van der Waals surface area contributed by atoms with E-state index in [-0.39, 0.29) is 25.4 Å². The summed E-state index contributed by atoms with van der Waals surface area (Å²) < 4.78 is 31.2. The smallest absolute Gasteiger partial charge is 0.330 e. The van der Waals surface area contributed by atoms with Crippen molar-refractivity contribution in [2.75, 3.05) is 20.4 Å². The van der Waals surface area contributed by atoms with Gasteiger partial charge in [0.05, 0.1) is 6.16 Å². The van der Waals surface area contributed by atoms with Crippen LogP contribution in [0, 0.1) is 0 Å². The Hall–Kier alpha value is -0.910. The fourth-order valence-electron chi connectivity index (χ4n) is 1.12. The molecule has 112 valence electrons. The van der Waals surface area contributed by atoms with E-state index in [1.54, 1.807) is 13.8 Å². The highest BCUT2D eigenvalue weighted by molar-refractivity contribution is 7.53. The van der Waals surface area contributed by atoms with Gasteiger partial charge in [-0.05, 0) is 0 Å². The first-order valence-corrected chi connectivity index (χ1v) is 7.73. The van der Waals surface area contributed by atoms with Crippen molar-refractivity contribution in [1.29, 1.82) is 0 Å².